The minimum absolute atomic E-state index is 0.0318. The molecule has 0 aromatic heterocycles. The number of carbonyl (C=O) groups excluding carboxylic acids is 2. The number of aliphatic carboxylic acids is 1. The SMILES string of the molecule is CC(C)C.CCC(C(=O)NCC(=O)N(C)[C@H](/C=C(\C)C(=O)O)C(C)C)C(C)(C)c1ccccc1. The van der Waals surface area contributed by atoms with Crippen LogP contribution in [0, 0.1) is 17.8 Å². The lowest BCUT2D eigenvalue weighted by Gasteiger charge is -2.34. The molecule has 1 rings (SSSR count). The van der Waals surface area contributed by atoms with Gasteiger partial charge in [0.25, 0.3) is 0 Å². The van der Waals surface area contributed by atoms with Gasteiger partial charge in [-0.05, 0) is 30.7 Å². The molecule has 0 aliphatic heterocycles. The Morgan fingerprint density at radius 1 is 1.06 bits per heavy atom. The second kappa shape index (κ2) is 14.6. The van der Waals surface area contributed by atoms with E-state index in [0.29, 0.717) is 6.42 Å². The summed E-state index contributed by atoms with van der Waals surface area (Å²) in [5, 5.41) is 11.9. The standard InChI is InChI=1S/C24H36N2O4.C4H10/c1-8-19(24(5,6)18-12-10-9-11-13-18)22(28)25-15-21(27)26(7)20(16(2)3)14-17(4)23(29)30;1-4(2)3/h9-14,16,19-20H,8,15H2,1-7H3,(H,25,28)(H,29,30);4H,1-3H3/b17-14+;/t19?,20-;/m1./s1. The molecule has 0 aliphatic rings. The van der Waals surface area contributed by atoms with Crippen LogP contribution < -0.4 is 5.32 Å². The lowest BCUT2D eigenvalue weighted by molar-refractivity contribution is -0.135. The number of carbonyl (C=O) groups is 3. The zero-order chi connectivity index (χ0) is 26.6. The Hall–Kier alpha value is -2.63. The number of hydrogen-bond acceptors (Lipinski definition) is 3. The van der Waals surface area contributed by atoms with Crippen LogP contribution in [0.2, 0.25) is 0 Å². The minimum atomic E-state index is -1.01. The van der Waals surface area contributed by atoms with Gasteiger partial charge < -0.3 is 15.3 Å². The van der Waals surface area contributed by atoms with Crippen LogP contribution in [-0.2, 0) is 19.8 Å². The average molecular weight is 475 g/mol. The van der Waals surface area contributed by atoms with Crippen LogP contribution in [0.5, 0.6) is 0 Å². The smallest absolute Gasteiger partial charge is 0.331 e. The highest BCUT2D eigenvalue weighted by Gasteiger charge is 2.35. The van der Waals surface area contributed by atoms with E-state index < -0.39 is 5.97 Å². The summed E-state index contributed by atoms with van der Waals surface area (Å²) in [5.41, 5.74) is 0.884. The maximum atomic E-state index is 12.9. The fraction of sp³-hybridized carbons (Fsp3) is 0.607. The molecule has 6 nitrogen and oxygen atoms in total. The summed E-state index contributed by atoms with van der Waals surface area (Å²) in [6.07, 6.45) is 2.23. The van der Waals surface area contributed by atoms with Crippen molar-refractivity contribution >= 4 is 17.8 Å². The molecule has 2 amide bonds. The lowest BCUT2D eigenvalue weighted by Crippen LogP contribution is -2.47. The summed E-state index contributed by atoms with van der Waals surface area (Å²) in [5.74, 6) is -0.851. The predicted octanol–water partition coefficient (Wildman–Crippen LogP) is 5.28. The summed E-state index contributed by atoms with van der Waals surface area (Å²) >= 11 is 0. The van der Waals surface area contributed by atoms with E-state index in [4.69, 9.17) is 5.11 Å². The zero-order valence-electron chi connectivity index (χ0n) is 22.8. The molecule has 2 N–H and O–H groups in total. The highest BCUT2D eigenvalue weighted by Crippen LogP contribution is 2.33. The van der Waals surface area contributed by atoms with Gasteiger partial charge in [0.05, 0.1) is 12.6 Å². The van der Waals surface area contributed by atoms with Gasteiger partial charge in [-0.2, -0.15) is 0 Å². The summed E-state index contributed by atoms with van der Waals surface area (Å²) < 4.78 is 0. The van der Waals surface area contributed by atoms with Gasteiger partial charge in [-0.1, -0.05) is 91.8 Å². The number of nitrogens with zero attached hydrogens (tertiary/aromatic N) is 1. The first-order valence-corrected chi connectivity index (χ1v) is 12.2. The van der Waals surface area contributed by atoms with Crippen LogP contribution in [0.3, 0.4) is 0 Å². The number of carboxylic acids is 1. The molecule has 6 heteroatoms. The monoisotopic (exact) mass is 474 g/mol. The summed E-state index contributed by atoms with van der Waals surface area (Å²) in [6, 6.07) is 9.52. The van der Waals surface area contributed by atoms with Gasteiger partial charge in [-0.3, -0.25) is 9.59 Å². The fourth-order valence-corrected chi connectivity index (χ4v) is 3.75. The van der Waals surface area contributed by atoms with Gasteiger partial charge in [0.15, 0.2) is 0 Å². The number of hydrogen-bond donors (Lipinski definition) is 2. The van der Waals surface area contributed by atoms with E-state index in [2.05, 4.69) is 26.1 Å². The van der Waals surface area contributed by atoms with Crippen LogP contribution >= 0.6 is 0 Å². The lowest BCUT2D eigenvalue weighted by atomic mass is 9.71. The molecule has 0 fully saturated rings. The van der Waals surface area contributed by atoms with Crippen molar-refractivity contribution in [2.75, 3.05) is 13.6 Å². The van der Waals surface area contributed by atoms with Crippen molar-refractivity contribution in [3.63, 3.8) is 0 Å². The molecule has 192 valence electrons. The molecule has 0 radical (unpaired) electrons. The number of amides is 2. The summed E-state index contributed by atoms with van der Waals surface area (Å²) in [7, 11) is 1.63. The molecule has 1 aromatic carbocycles. The van der Waals surface area contributed by atoms with Gasteiger partial charge in [0, 0.05) is 24.0 Å². The molecule has 1 unspecified atom stereocenters. The van der Waals surface area contributed by atoms with Crippen molar-refractivity contribution in [3.8, 4) is 0 Å². The third kappa shape index (κ3) is 10.1. The van der Waals surface area contributed by atoms with Crippen molar-refractivity contribution in [2.24, 2.45) is 17.8 Å². The Balaban J connectivity index is 0.00000251. The normalized spacial score (nSPS) is 13.6. The summed E-state index contributed by atoms with van der Waals surface area (Å²) in [4.78, 5) is 38.3. The molecule has 34 heavy (non-hydrogen) atoms. The molecule has 0 saturated heterocycles. The van der Waals surface area contributed by atoms with E-state index in [1.807, 2.05) is 65.0 Å². The van der Waals surface area contributed by atoms with E-state index in [0.717, 1.165) is 11.5 Å². The van der Waals surface area contributed by atoms with Crippen LogP contribution in [-0.4, -0.2) is 47.4 Å². The Morgan fingerprint density at radius 3 is 1.97 bits per heavy atom. The van der Waals surface area contributed by atoms with Gasteiger partial charge in [-0.15, -0.1) is 0 Å². The Labute approximate surface area is 206 Å². The highest BCUT2D eigenvalue weighted by atomic mass is 16.4. The highest BCUT2D eigenvalue weighted by molar-refractivity contribution is 5.88. The number of likely N-dealkylation sites (N-methyl/N-ethyl adjacent to an activating group) is 1. The van der Waals surface area contributed by atoms with Gasteiger partial charge in [0.2, 0.25) is 11.8 Å². The Kier molecular flexibility index (Phi) is 13.5. The van der Waals surface area contributed by atoms with E-state index in [-0.39, 0.29) is 47.2 Å². The maximum absolute atomic E-state index is 12.9. The largest absolute Gasteiger partial charge is 0.478 e. The van der Waals surface area contributed by atoms with E-state index >= 15 is 0 Å². The molecule has 2 atom stereocenters. The zero-order valence-corrected chi connectivity index (χ0v) is 22.8. The molecular weight excluding hydrogens is 428 g/mol. The molecule has 0 heterocycles. The van der Waals surface area contributed by atoms with Crippen molar-refractivity contribution < 1.29 is 19.5 Å². The molecule has 0 saturated carbocycles. The number of carboxylic acid groups (broad SMARTS) is 1. The van der Waals surface area contributed by atoms with E-state index in [1.54, 1.807) is 13.1 Å². The Morgan fingerprint density at radius 2 is 1.56 bits per heavy atom. The second-order valence-electron chi connectivity index (χ2n) is 10.4. The molecular formula is C28H46N2O4. The fourth-order valence-electron chi connectivity index (χ4n) is 3.75. The molecule has 0 spiro atoms. The van der Waals surface area contributed by atoms with Crippen LogP contribution in [0.15, 0.2) is 42.0 Å². The maximum Gasteiger partial charge on any atom is 0.331 e. The molecule has 1 aromatic rings. The average Bonchev–Trinajstić information content (AvgIpc) is 2.75. The van der Waals surface area contributed by atoms with Crippen molar-refractivity contribution in [2.45, 2.75) is 80.2 Å². The third-order valence-electron chi connectivity index (χ3n) is 5.81. The number of benzene rings is 1. The molecule has 0 aliphatic carbocycles. The van der Waals surface area contributed by atoms with E-state index in [9.17, 15) is 14.4 Å². The van der Waals surface area contributed by atoms with Crippen molar-refractivity contribution in [1.82, 2.24) is 10.2 Å². The Bertz CT molecular complexity index is 810. The van der Waals surface area contributed by atoms with E-state index in [1.165, 1.54) is 11.8 Å². The topological polar surface area (TPSA) is 86.7 Å². The van der Waals surface area contributed by atoms with Crippen LogP contribution in [0.25, 0.3) is 0 Å². The van der Waals surface area contributed by atoms with Gasteiger partial charge >= 0.3 is 5.97 Å². The number of rotatable bonds is 10. The third-order valence-corrected chi connectivity index (χ3v) is 5.81. The van der Waals surface area contributed by atoms with Gasteiger partial charge in [0.1, 0.15) is 0 Å². The first-order valence-electron chi connectivity index (χ1n) is 12.2. The van der Waals surface area contributed by atoms with Crippen molar-refractivity contribution in [1.29, 1.82) is 0 Å². The predicted molar refractivity (Wildman–Crippen MR) is 140 cm³/mol. The number of nitrogens with one attached hydrogen (secondary N) is 1. The molecule has 0 bridgehead atoms. The first kappa shape index (κ1) is 31.4. The first-order chi connectivity index (χ1) is 15.7. The van der Waals surface area contributed by atoms with Crippen molar-refractivity contribution in [3.05, 3.63) is 47.5 Å². The van der Waals surface area contributed by atoms with Crippen LogP contribution in [0.1, 0.15) is 74.3 Å². The van der Waals surface area contributed by atoms with Crippen LogP contribution in [0.4, 0.5) is 0 Å². The second-order valence-corrected chi connectivity index (χ2v) is 10.4. The van der Waals surface area contributed by atoms with Gasteiger partial charge in [-0.25, -0.2) is 4.79 Å². The quantitative estimate of drug-likeness (QED) is 0.452. The minimum Gasteiger partial charge on any atom is -0.478 e. The summed E-state index contributed by atoms with van der Waals surface area (Å²) in [6.45, 7) is 17.8.